The van der Waals surface area contributed by atoms with Gasteiger partial charge in [0.05, 0.1) is 6.04 Å². The van der Waals surface area contributed by atoms with Crippen LogP contribution in [-0.4, -0.2) is 0 Å². The molecule has 18 heavy (non-hydrogen) atoms. The van der Waals surface area contributed by atoms with E-state index in [1.165, 1.54) is 10.1 Å². The first-order chi connectivity index (χ1) is 8.66. The molecule has 5 heteroatoms. The van der Waals surface area contributed by atoms with Crippen LogP contribution in [0.2, 0.25) is 0 Å². The third-order valence-corrected chi connectivity index (χ3v) is 5.21. The van der Waals surface area contributed by atoms with E-state index in [1.54, 1.807) is 11.3 Å². The van der Waals surface area contributed by atoms with Crippen molar-refractivity contribution in [3.63, 3.8) is 0 Å². The van der Waals surface area contributed by atoms with E-state index in [2.05, 4.69) is 43.3 Å². The molecule has 2 aromatic heterocycles. The van der Waals surface area contributed by atoms with Gasteiger partial charge in [0.2, 0.25) is 0 Å². The summed E-state index contributed by atoms with van der Waals surface area (Å²) in [6.07, 6.45) is 0. The lowest BCUT2D eigenvalue weighted by Gasteiger charge is -2.07. The standard InChI is InChI=1S/C13H9Br2NOS/c14-9-3-1-2-7-8(6-18-13(7)9)12(16)10-4-5-11(15)17-10/h1-6,12H,16H2. The Labute approximate surface area is 125 Å². The first-order valence-electron chi connectivity index (χ1n) is 5.33. The van der Waals surface area contributed by atoms with Crippen LogP contribution in [0.3, 0.4) is 0 Å². The number of nitrogens with two attached hydrogens (primary N) is 1. The van der Waals surface area contributed by atoms with Crippen molar-refractivity contribution >= 4 is 53.3 Å². The van der Waals surface area contributed by atoms with Gasteiger partial charge in [0.1, 0.15) is 5.76 Å². The number of fused-ring (bicyclic) bond motifs is 1. The number of hydrogen-bond donors (Lipinski definition) is 1. The Hall–Kier alpha value is -0.620. The molecule has 92 valence electrons. The molecule has 0 spiro atoms. The Morgan fingerprint density at radius 1 is 1.17 bits per heavy atom. The number of thiophene rings is 1. The summed E-state index contributed by atoms with van der Waals surface area (Å²) in [5.74, 6) is 0.765. The molecular formula is C13H9Br2NOS. The number of furan rings is 1. The lowest BCUT2D eigenvalue weighted by Crippen LogP contribution is -2.10. The van der Waals surface area contributed by atoms with Crippen LogP contribution in [0.5, 0.6) is 0 Å². The summed E-state index contributed by atoms with van der Waals surface area (Å²) in [5.41, 5.74) is 7.36. The summed E-state index contributed by atoms with van der Waals surface area (Å²) in [7, 11) is 0. The summed E-state index contributed by atoms with van der Waals surface area (Å²) < 4.78 is 8.55. The van der Waals surface area contributed by atoms with E-state index in [-0.39, 0.29) is 6.04 Å². The first kappa shape index (κ1) is 12.4. The van der Waals surface area contributed by atoms with E-state index in [0.717, 1.165) is 15.8 Å². The predicted octanol–water partition coefficient (Wildman–Crippen LogP) is 5.07. The van der Waals surface area contributed by atoms with Gasteiger partial charge in [0, 0.05) is 9.17 Å². The average Bonchev–Trinajstić information content (AvgIpc) is 2.95. The molecule has 1 aromatic carbocycles. The average molecular weight is 387 g/mol. The molecule has 3 rings (SSSR count). The smallest absolute Gasteiger partial charge is 0.169 e. The topological polar surface area (TPSA) is 39.2 Å². The Morgan fingerprint density at radius 2 is 2.00 bits per heavy atom. The quantitative estimate of drug-likeness (QED) is 0.667. The minimum Gasteiger partial charge on any atom is -0.452 e. The maximum absolute atomic E-state index is 6.27. The van der Waals surface area contributed by atoms with Gasteiger partial charge >= 0.3 is 0 Å². The van der Waals surface area contributed by atoms with Gasteiger partial charge in [0.25, 0.3) is 0 Å². The van der Waals surface area contributed by atoms with Crippen LogP contribution in [-0.2, 0) is 0 Å². The largest absolute Gasteiger partial charge is 0.452 e. The molecule has 3 aromatic rings. The second-order valence-corrected chi connectivity index (χ2v) is 6.44. The number of hydrogen-bond acceptors (Lipinski definition) is 3. The van der Waals surface area contributed by atoms with Gasteiger partial charge in [-0.15, -0.1) is 11.3 Å². The summed E-state index contributed by atoms with van der Waals surface area (Å²) >= 11 is 8.55. The third kappa shape index (κ3) is 2.05. The van der Waals surface area contributed by atoms with Crippen LogP contribution in [0.4, 0.5) is 0 Å². The fourth-order valence-corrected chi connectivity index (χ4v) is 3.91. The summed E-state index contributed by atoms with van der Waals surface area (Å²) in [5, 5.41) is 3.27. The van der Waals surface area contributed by atoms with E-state index in [1.807, 2.05) is 24.3 Å². The fraction of sp³-hybridized carbons (Fsp3) is 0.0769. The Morgan fingerprint density at radius 3 is 2.72 bits per heavy atom. The van der Waals surface area contributed by atoms with Crippen molar-refractivity contribution in [2.75, 3.05) is 0 Å². The van der Waals surface area contributed by atoms with Gasteiger partial charge in [0.15, 0.2) is 4.67 Å². The summed E-state index contributed by atoms with van der Waals surface area (Å²) in [6, 6.07) is 9.67. The number of benzene rings is 1. The van der Waals surface area contributed by atoms with Crippen molar-refractivity contribution in [2.24, 2.45) is 5.73 Å². The van der Waals surface area contributed by atoms with Gasteiger partial charge in [-0.3, -0.25) is 0 Å². The number of rotatable bonds is 2. The molecule has 2 nitrogen and oxygen atoms in total. The van der Waals surface area contributed by atoms with Crippen LogP contribution in [0.15, 0.2) is 49.3 Å². The molecule has 0 radical (unpaired) electrons. The van der Waals surface area contributed by atoms with Crippen LogP contribution >= 0.6 is 43.2 Å². The van der Waals surface area contributed by atoms with Gasteiger partial charge in [-0.2, -0.15) is 0 Å². The highest BCUT2D eigenvalue weighted by molar-refractivity contribution is 9.10. The van der Waals surface area contributed by atoms with Crippen LogP contribution in [0.25, 0.3) is 10.1 Å². The zero-order valence-corrected chi connectivity index (χ0v) is 13.2. The Balaban J connectivity index is 2.12. The molecule has 2 N–H and O–H groups in total. The van der Waals surface area contributed by atoms with E-state index in [9.17, 15) is 0 Å². The highest BCUT2D eigenvalue weighted by Crippen LogP contribution is 2.36. The first-order valence-corrected chi connectivity index (χ1v) is 7.80. The lowest BCUT2D eigenvalue weighted by atomic mass is 10.0. The van der Waals surface area contributed by atoms with Crippen molar-refractivity contribution in [3.8, 4) is 0 Å². The molecule has 1 unspecified atom stereocenters. The van der Waals surface area contributed by atoms with Gasteiger partial charge < -0.3 is 10.2 Å². The predicted molar refractivity (Wildman–Crippen MR) is 82.0 cm³/mol. The normalized spacial score (nSPS) is 13.1. The number of halogens is 2. The summed E-state index contributed by atoms with van der Waals surface area (Å²) in [4.78, 5) is 0. The molecule has 0 fully saturated rings. The molecule has 0 amide bonds. The van der Waals surface area contributed by atoms with E-state index in [0.29, 0.717) is 4.67 Å². The maximum atomic E-state index is 6.27. The fourth-order valence-electron chi connectivity index (χ4n) is 1.93. The van der Waals surface area contributed by atoms with Crippen LogP contribution < -0.4 is 5.73 Å². The Bertz CT molecular complexity index is 704. The van der Waals surface area contributed by atoms with Gasteiger partial charge in [-0.25, -0.2) is 0 Å². The monoisotopic (exact) mass is 385 g/mol. The van der Waals surface area contributed by atoms with Crippen molar-refractivity contribution in [2.45, 2.75) is 6.04 Å². The molecule has 0 aliphatic heterocycles. The SMILES string of the molecule is NC(c1ccc(Br)o1)c1csc2c(Br)cccc12. The lowest BCUT2D eigenvalue weighted by molar-refractivity contribution is 0.471. The highest BCUT2D eigenvalue weighted by atomic mass is 79.9. The van der Waals surface area contributed by atoms with Crippen molar-refractivity contribution < 1.29 is 4.42 Å². The van der Waals surface area contributed by atoms with Crippen LogP contribution in [0.1, 0.15) is 17.4 Å². The molecular weight excluding hydrogens is 378 g/mol. The molecule has 0 saturated carbocycles. The minimum absolute atomic E-state index is 0.237. The van der Waals surface area contributed by atoms with Gasteiger partial charge in [-0.1, -0.05) is 12.1 Å². The van der Waals surface area contributed by atoms with Gasteiger partial charge in [-0.05, 0) is 66.4 Å². The molecule has 1 atom stereocenters. The third-order valence-electron chi connectivity index (χ3n) is 2.82. The second-order valence-electron chi connectivity index (χ2n) is 3.93. The van der Waals surface area contributed by atoms with E-state index < -0.39 is 0 Å². The Kier molecular flexibility index (Phi) is 3.32. The minimum atomic E-state index is -0.237. The molecule has 2 heterocycles. The highest BCUT2D eigenvalue weighted by Gasteiger charge is 2.17. The van der Waals surface area contributed by atoms with E-state index in [4.69, 9.17) is 10.2 Å². The second kappa shape index (κ2) is 4.81. The van der Waals surface area contributed by atoms with Crippen molar-refractivity contribution in [1.29, 1.82) is 0 Å². The molecule has 0 saturated heterocycles. The van der Waals surface area contributed by atoms with Crippen LogP contribution in [0, 0.1) is 0 Å². The zero-order valence-electron chi connectivity index (χ0n) is 9.19. The van der Waals surface area contributed by atoms with E-state index >= 15 is 0 Å². The van der Waals surface area contributed by atoms with Crippen molar-refractivity contribution in [3.05, 3.63) is 56.2 Å². The van der Waals surface area contributed by atoms with Crippen molar-refractivity contribution in [1.82, 2.24) is 0 Å². The molecule has 0 bridgehead atoms. The molecule has 0 aliphatic carbocycles. The summed E-state index contributed by atoms with van der Waals surface area (Å²) in [6.45, 7) is 0. The molecule has 0 aliphatic rings. The zero-order chi connectivity index (χ0) is 12.7. The maximum Gasteiger partial charge on any atom is 0.169 e.